The van der Waals surface area contributed by atoms with E-state index in [0.717, 1.165) is 27.7 Å². The summed E-state index contributed by atoms with van der Waals surface area (Å²) in [5.74, 6) is -0.0645. The molecule has 34 heavy (non-hydrogen) atoms. The van der Waals surface area contributed by atoms with Crippen molar-refractivity contribution in [3.8, 4) is 5.75 Å². The lowest BCUT2D eigenvalue weighted by molar-refractivity contribution is -0.130. The van der Waals surface area contributed by atoms with E-state index in [1.54, 1.807) is 23.7 Å². The molecule has 0 saturated carbocycles. The highest BCUT2D eigenvalue weighted by Crippen LogP contribution is 2.26. The minimum Gasteiger partial charge on any atom is -0.489 e. The summed E-state index contributed by atoms with van der Waals surface area (Å²) < 4.78 is 6.11. The third kappa shape index (κ3) is 5.35. The molecule has 0 atom stereocenters. The van der Waals surface area contributed by atoms with E-state index in [1.165, 1.54) is 0 Å². The summed E-state index contributed by atoms with van der Waals surface area (Å²) >= 11 is 0. The summed E-state index contributed by atoms with van der Waals surface area (Å²) in [6, 6.07) is 15.3. The van der Waals surface area contributed by atoms with Gasteiger partial charge in [0.05, 0.1) is 17.5 Å². The summed E-state index contributed by atoms with van der Waals surface area (Å²) in [4.78, 5) is 29.5. The van der Waals surface area contributed by atoms with Crippen molar-refractivity contribution in [2.75, 3.05) is 13.1 Å². The summed E-state index contributed by atoms with van der Waals surface area (Å²) in [6.45, 7) is 5.64. The Labute approximate surface area is 198 Å². The number of fused-ring (bicyclic) bond motifs is 1. The standard InChI is InChI=1S/C26H30N4O4/c1-17-13-19(25(32)29-26(15-24(31)30-33)9-11-27-12-10-26)7-8-23(17)34-16-20-14-18(2)28-22-6-4-3-5-21(20)22/h3-8,13-14,27,33H,9-12,15-16H2,1-2H3,(H,29,32)(H,30,31). The lowest BCUT2D eigenvalue weighted by atomic mass is 9.84. The van der Waals surface area contributed by atoms with E-state index in [4.69, 9.17) is 9.94 Å². The highest BCUT2D eigenvalue weighted by atomic mass is 16.5. The quantitative estimate of drug-likeness (QED) is 0.317. The van der Waals surface area contributed by atoms with Gasteiger partial charge in [0.1, 0.15) is 12.4 Å². The van der Waals surface area contributed by atoms with Gasteiger partial charge < -0.3 is 15.4 Å². The lowest BCUT2D eigenvalue weighted by Crippen LogP contribution is -2.56. The average Bonchev–Trinajstić information content (AvgIpc) is 2.83. The Kier molecular flexibility index (Phi) is 7.09. The monoisotopic (exact) mass is 462 g/mol. The number of amides is 2. The fourth-order valence-corrected chi connectivity index (χ4v) is 4.53. The van der Waals surface area contributed by atoms with Crippen LogP contribution in [0.1, 0.15) is 46.4 Å². The molecule has 4 N–H and O–H groups in total. The molecule has 3 aromatic rings. The van der Waals surface area contributed by atoms with E-state index in [-0.39, 0.29) is 12.3 Å². The summed E-state index contributed by atoms with van der Waals surface area (Å²) in [5, 5.41) is 16.3. The van der Waals surface area contributed by atoms with Crippen LogP contribution in [0, 0.1) is 13.8 Å². The number of pyridine rings is 1. The summed E-state index contributed by atoms with van der Waals surface area (Å²) in [5.41, 5.74) is 5.25. The Morgan fingerprint density at radius 1 is 1.12 bits per heavy atom. The molecule has 8 heteroatoms. The molecule has 2 amide bonds. The average molecular weight is 463 g/mol. The van der Waals surface area contributed by atoms with Crippen molar-refractivity contribution in [2.45, 2.75) is 45.3 Å². The maximum absolute atomic E-state index is 13.0. The molecule has 0 unspecified atom stereocenters. The van der Waals surface area contributed by atoms with E-state index in [9.17, 15) is 9.59 Å². The van der Waals surface area contributed by atoms with Gasteiger partial charge >= 0.3 is 0 Å². The fraction of sp³-hybridized carbons (Fsp3) is 0.346. The molecule has 1 aromatic heterocycles. The number of nitrogens with one attached hydrogen (secondary N) is 3. The number of benzene rings is 2. The molecule has 4 rings (SSSR count). The largest absolute Gasteiger partial charge is 0.489 e. The van der Waals surface area contributed by atoms with Crippen LogP contribution in [-0.2, 0) is 11.4 Å². The molecule has 1 aliphatic heterocycles. The summed E-state index contributed by atoms with van der Waals surface area (Å²) in [6.07, 6.45) is 1.23. The Hall–Kier alpha value is -3.49. The van der Waals surface area contributed by atoms with Gasteiger partial charge in [-0.3, -0.25) is 19.8 Å². The number of rotatable bonds is 7. The molecular formula is C26H30N4O4. The Bertz CT molecular complexity index is 1200. The number of aryl methyl sites for hydroxylation is 2. The second-order valence-corrected chi connectivity index (χ2v) is 8.91. The predicted octanol–water partition coefficient (Wildman–Crippen LogP) is 3.18. The Balaban J connectivity index is 1.48. The third-order valence-electron chi connectivity index (χ3n) is 6.31. The minimum atomic E-state index is -0.696. The van der Waals surface area contributed by atoms with Crippen LogP contribution >= 0.6 is 0 Å². The van der Waals surface area contributed by atoms with Crippen LogP contribution < -0.4 is 20.9 Å². The van der Waals surface area contributed by atoms with E-state index >= 15 is 0 Å². The first-order valence-corrected chi connectivity index (χ1v) is 11.4. The molecular weight excluding hydrogens is 432 g/mol. The van der Waals surface area contributed by atoms with Crippen LogP contribution in [0.15, 0.2) is 48.5 Å². The number of carbonyl (C=O) groups is 2. The van der Waals surface area contributed by atoms with Crippen molar-refractivity contribution < 1.29 is 19.5 Å². The van der Waals surface area contributed by atoms with E-state index in [0.29, 0.717) is 43.9 Å². The molecule has 1 fully saturated rings. The van der Waals surface area contributed by atoms with Gasteiger partial charge in [-0.15, -0.1) is 0 Å². The lowest BCUT2D eigenvalue weighted by Gasteiger charge is -2.37. The zero-order valence-corrected chi connectivity index (χ0v) is 19.5. The van der Waals surface area contributed by atoms with Gasteiger partial charge in [0.15, 0.2) is 0 Å². The maximum atomic E-state index is 13.0. The Morgan fingerprint density at radius 3 is 2.62 bits per heavy atom. The normalized spacial score (nSPS) is 15.0. The number of ether oxygens (including phenoxy) is 1. The van der Waals surface area contributed by atoms with E-state index < -0.39 is 11.4 Å². The van der Waals surface area contributed by atoms with Gasteiger partial charge in [-0.1, -0.05) is 18.2 Å². The number of aromatic nitrogens is 1. The molecule has 1 saturated heterocycles. The topological polar surface area (TPSA) is 113 Å². The number of carbonyl (C=O) groups excluding carboxylic acids is 2. The van der Waals surface area contributed by atoms with Crippen LogP contribution in [0.3, 0.4) is 0 Å². The van der Waals surface area contributed by atoms with Crippen LogP contribution in [0.5, 0.6) is 5.75 Å². The van der Waals surface area contributed by atoms with Gasteiger partial charge in [-0.05, 0) is 75.7 Å². The number of hydroxylamine groups is 1. The van der Waals surface area contributed by atoms with Gasteiger partial charge in [0, 0.05) is 22.2 Å². The SMILES string of the molecule is Cc1cc(COc2ccc(C(=O)NC3(CC(=O)NO)CCNCC3)cc2C)c2ccccc2n1. The second-order valence-electron chi connectivity index (χ2n) is 8.91. The van der Waals surface area contributed by atoms with Crippen LogP contribution in [-0.4, -0.2) is 40.6 Å². The van der Waals surface area contributed by atoms with Gasteiger partial charge in [0.25, 0.3) is 5.91 Å². The van der Waals surface area contributed by atoms with Crippen LogP contribution in [0.2, 0.25) is 0 Å². The molecule has 8 nitrogen and oxygen atoms in total. The zero-order valence-electron chi connectivity index (χ0n) is 19.5. The smallest absolute Gasteiger partial charge is 0.251 e. The number of hydrogen-bond donors (Lipinski definition) is 4. The molecule has 2 heterocycles. The minimum absolute atomic E-state index is 0.0242. The number of piperidine rings is 1. The van der Waals surface area contributed by atoms with E-state index in [1.807, 2.05) is 44.2 Å². The van der Waals surface area contributed by atoms with Crippen molar-refractivity contribution in [1.82, 2.24) is 21.1 Å². The first-order valence-electron chi connectivity index (χ1n) is 11.4. The van der Waals surface area contributed by atoms with Crippen LogP contribution in [0.25, 0.3) is 10.9 Å². The van der Waals surface area contributed by atoms with Crippen LogP contribution in [0.4, 0.5) is 0 Å². The van der Waals surface area contributed by atoms with Crippen molar-refractivity contribution in [3.05, 3.63) is 70.9 Å². The number of para-hydroxylation sites is 1. The number of hydrogen-bond acceptors (Lipinski definition) is 6. The van der Waals surface area contributed by atoms with E-state index in [2.05, 4.69) is 15.6 Å². The molecule has 0 radical (unpaired) electrons. The predicted molar refractivity (Wildman–Crippen MR) is 129 cm³/mol. The van der Waals surface area contributed by atoms with Gasteiger partial charge in [-0.25, -0.2) is 5.48 Å². The third-order valence-corrected chi connectivity index (χ3v) is 6.31. The maximum Gasteiger partial charge on any atom is 0.251 e. The zero-order chi connectivity index (χ0) is 24.1. The molecule has 0 aliphatic carbocycles. The molecule has 0 spiro atoms. The number of nitrogens with zero attached hydrogens (tertiary/aromatic N) is 1. The van der Waals surface area contributed by atoms with Crippen molar-refractivity contribution >= 4 is 22.7 Å². The molecule has 2 aromatic carbocycles. The van der Waals surface area contributed by atoms with Gasteiger partial charge in [0.2, 0.25) is 5.91 Å². The molecule has 0 bridgehead atoms. The van der Waals surface area contributed by atoms with Crippen molar-refractivity contribution in [1.29, 1.82) is 0 Å². The highest BCUT2D eigenvalue weighted by molar-refractivity contribution is 5.95. The highest BCUT2D eigenvalue weighted by Gasteiger charge is 2.36. The second kappa shape index (κ2) is 10.2. The molecule has 178 valence electrons. The van der Waals surface area contributed by atoms with Crippen molar-refractivity contribution in [2.24, 2.45) is 0 Å². The van der Waals surface area contributed by atoms with Crippen molar-refractivity contribution in [3.63, 3.8) is 0 Å². The Morgan fingerprint density at radius 2 is 1.88 bits per heavy atom. The first-order chi connectivity index (χ1) is 16.4. The summed E-state index contributed by atoms with van der Waals surface area (Å²) in [7, 11) is 0. The fourth-order valence-electron chi connectivity index (χ4n) is 4.53. The van der Waals surface area contributed by atoms with Gasteiger partial charge in [-0.2, -0.15) is 0 Å². The first kappa shape index (κ1) is 23.7. The molecule has 1 aliphatic rings.